The van der Waals surface area contributed by atoms with Gasteiger partial charge in [-0.3, -0.25) is 4.98 Å². The molecule has 0 fully saturated rings. The van der Waals surface area contributed by atoms with Crippen LogP contribution in [-0.2, 0) is 36.0 Å². The Morgan fingerprint density at radius 3 is 2.00 bits per heavy atom. The number of ether oxygens (including phenoxy) is 2. The highest BCUT2D eigenvalue weighted by atomic mass is 28.4. The Morgan fingerprint density at radius 1 is 0.862 bits per heavy atom. The van der Waals surface area contributed by atoms with Crippen molar-refractivity contribution in [1.82, 2.24) is 14.1 Å². The predicted octanol–water partition coefficient (Wildman–Crippen LogP) is 0.495. The van der Waals surface area contributed by atoms with Gasteiger partial charge in [-0.15, -0.1) is 0 Å². The van der Waals surface area contributed by atoms with Gasteiger partial charge in [-0.2, -0.15) is 0 Å². The molecule has 0 radical (unpaired) electrons. The molecule has 0 amide bonds. The van der Waals surface area contributed by atoms with Crippen LogP contribution >= 0.6 is 0 Å². The predicted molar refractivity (Wildman–Crippen MR) is 108 cm³/mol. The summed E-state index contributed by atoms with van der Waals surface area (Å²) >= 11 is 0. The van der Waals surface area contributed by atoms with E-state index in [1.165, 1.54) is 0 Å². The summed E-state index contributed by atoms with van der Waals surface area (Å²) in [5, 5.41) is 0. The number of aromatic nitrogens is 3. The molecule has 1 aromatic heterocycles. The van der Waals surface area contributed by atoms with Crippen LogP contribution in [0.5, 0.6) is 0 Å². The van der Waals surface area contributed by atoms with Gasteiger partial charge in [-0.25, -0.2) is 23.5 Å². The van der Waals surface area contributed by atoms with Gasteiger partial charge in [-0.1, -0.05) is 6.92 Å². The van der Waals surface area contributed by atoms with Crippen LogP contribution < -0.4 is 17.1 Å². The van der Waals surface area contributed by atoms with Crippen molar-refractivity contribution in [2.45, 2.75) is 59.9 Å². The van der Waals surface area contributed by atoms with Crippen LogP contribution in [0.2, 0.25) is 6.04 Å². The monoisotopic (exact) mass is 435 g/mol. The molecular formula is C17H33N3O8Si. The lowest BCUT2D eigenvalue weighted by Crippen LogP contribution is -2.50. The third-order valence-electron chi connectivity index (χ3n) is 3.86. The Morgan fingerprint density at radius 2 is 1.45 bits per heavy atom. The maximum Gasteiger partial charge on any atom is 0.500 e. The van der Waals surface area contributed by atoms with Crippen molar-refractivity contribution >= 4 is 8.80 Å². The molecule has 0 saturated carbocycles. The molecule has 12 heteroatoms. The van der Waals surface area contributed by atoms with E-state index >= 15 is 0 Å². The summed E-state index contributed by atoms with van der Waals surface area (Å²) in [6.45, 7) is 9.07. The summed E-state index contributed by atoms with van der Waals surface area (Å²) in [6, 6.07) is 0.439. The molecule has 0 spiro atoms. The highest BCUT2D eigenvalue weighted by molar-refractivity contribution is 6.60. The third-order valence-corrected chi connectivity index (χ3v) is 7.01. The molecule has 0 saturated heterocycles. The van der Waals surface area contributed by atoms with Gasteiger partial charge in [0.15, 0.2) is 0 Å². The van der Waals surface area contributed by atoms with Gasteiger partial charge >= 0.3 is 25.9 Å². The Balaban J connectivity index is 2.87. The first-order valence-corrected chi connectivity index (χ1v) is 11.9. The molecule has 0 aromatic carbocycles. The summed E-state index contributed by atoms with van der Waals surface area (Å²) in [4.78, 5) is 38.7. The van der Waals surface area contributed by atoms with Crippen molar-refractivity contribution in [2.24, 2.45) is 0 Å². The van der Waals surface area contributed by atoms with Gasteiger partial charge in [0.05, 0.1) is 0 Å². The van der Waals surface area contributed by atoms with Crippen molar-refractivity contribution in [3.63, 3.8) is 0 Å². The molecule has 1 N–H and O–H groups in total. The van der Waals surface area contributed by atoms with Crippen molar-refractivity contribution < 1.29 is 22.8 Å². The molecule has 0 bridgehead atoms. The number of nitrogens with zero attached hydrogens (tertiary/aromatic N) is 2. The fraction of sp³-hybridized carbons (Fsp3) is 0.824. The first-order valence-electron chi connectivity index (χ1n) is 9.95. The molecule has 0 unspecified atom stereocenters. The van der Waals surface area contributed by atoms with Gasteiger partial charge in [0, 0.05) is 39.0 Å². The van der Waals surface area contributed by atoms with Gasteiger partial charge in [0.25, 0.3) is 0 Å². The topological polar surface area (TPSA) is 123 Å². The fourth-order valence-corrected chi connectivity index (χ4v) is 5.30. The molecule has 0 aliphatic carbocycles. The van der Waals surface area contributed by atoms with E-state index in [4.69, 9.17) is 22.8 Å². The SMILES string of the molecule is CCCOCOCn1c(=O)[nH]c(=O)n(CCC[Si](OCC)(OCC)OCC)c1=O. The molecular weight excluding hydrogens is 402 g/mol. The molecule has 1 heterocycles. The second-order valence-electron chi connectivity index (χ2n) is 6.04. The smallest absolute Gasteiger partial charge is 0.374 e. The lowest BCUT2D eigenvalue weighted by molar-refractivity contribution is -0.0809. The van der Waals surface area contributed by atoms with Crippen LogP contribution in [0.25, 0.3) is 0 Å². The van der Waals surface area contributed by atoms with Crippen molar-refractivity contribution in [3.05, 3.63) is 31.5 Å². The molecule has 0 atom stereocenters. The zero-order valence-corrected chi connectivity index (χ0v) is 18.7. The van der Waals surface area contributed by atoms with E-state index in [0.29, 0.717) is 38.9 Å². The third kappa shape index (κ3) is 7.99. The van der Waals surface area contributed by atoms with E-state index < -0.39 is 25.9 Å². The number of aromatic amines is 1. The number of hydrogen-bond donors (Lipinski definition) is 1. The van der Waals surface area contributed by atoms with Crippen molar-refractivity contribution in [2.75, 3.05) is 33.2 Å². The number of hydrogen-bond acceptors (Lipinski definition) is 8. The zero-order valence-electron chi connectivity index (χ0n) is 17.7. The van der Waals surface area contributed by atoms with E-state index in [0.717, 1.165) is 15.6 Å². The highest BCUT2D eigenvalue weighted by Gasteiger charge is 2.39. The Kier molecular flexibility index (Phi) is 12.0. The molecule has 168 valence electrons. The Labute approximate surface area is 170 Å². The second-order valence-corrected chi connectivity index (χ2v) is 8.77. The van der Waals surface area contributed by atoms with Crippen LogP contribution in [0.4, 0.5) is 0 Å². The van der Waals surface area contributed by atoms with Gasteiger partial charge in [0.2, 0.25) is 0 Å². The molecule has 1 rings (SSSR count). The van der Waals surface area contributed by atoms with E-state index in [2.05, 4.69) is 4.98 Å². The van der Waals surface area contributed by atoms with E-state index in [1.54, 1.807) is 0 Å². The minimum atomic E-state index is -2.88. The maximum atomic E-state index is 12.6. The summed E-state index contributed by atoms with van der Waals surface area (Å²) < 4.78 is 29.4. The average molecular weight is 436 g/mol. The quantitative estimate of drug-likeness (QED) is 0.226. The van der Waals surface area contributed by atoms with Crippen LogP contribution in [0.1, 0.15) is 40.5 Å². The first-order chi connectivity index (χ1) is 13.9. The van der Waals surface area contributed by atoms with Crippen molar-refractivity contribution in [3.8, 4) is 0 Å². The summed E-state index contributed by atoms with van der Waals surface area (Å²) in [5.74, 6) is 0. The van der Waals surface area contributed by atoms with Crippen LogP contribution in [0, 0.1) is 0 Å². The fourth-order valence-electron chi connectivity index (χ4n) is 2.70. The molecule has 1 aromatic rings. The van der Waals surface area contributed by atoms with Crippen LogP contribution in [0.3, 0.4) is 0 Å². The average Bonchev–Trinajstić information content (AvgIpc) is 2.67. The minimum absolute atomic E-state index is 0.0516. The minimum Gasteiger partial charge on any atom is -0.374 e. The normalized spacial score (nSPS) is 11.9. The lowest BCUT2D eigenvalue weighted by Gasteiger charge is -2.28. The number of rotatable bonds is 16. The first kappa shape index (κ1) is 25.5. The summed E-state index contributed by atoms with van der Waals surface area (Å²) in [5.41, 5.74) is -2.34. The van der Waals surface area contributed by atoms with E-state index in [-0.39, 0.29) is 20.1 Å². The van der Waals surface area contributed by atoms with E-state index in [1.807, 2.05) is 27.7 Å². The number of nitrogens with one attached hydrogen (secondary N) is 1. The van der Waals surface area contributed by atoms with Gasteiger partial charge in [-0.05, 0) is 33.6 Å². The molecule has 0 aliphatic rings. The van der Waals surface area contributed by atoms with Gasteiger partial charge in [0.1, 0.15) is 13.5 Å². The summed E-state index contributed by atoms with van der Waals surface area (Å²) in [7, 11) is -2.88. The second kappa shape index (κ2) is 13.6. The molecule has 0 aliphatic heterocycles. The molecule has 29 heavy (non-hydrogen) atoms. The maximum absolute atomic E-state index is 12.6. The standard InChI is InChI=1S/C17H33N3O8Si/c1-5-11-24-14-25-13-20-16(22)18-15(21)19(17(20)23)10-9-12-29(26-6-2,27-7-3)28-8-4/h5-14H2,1-4H3,(H,18,21,22). The Bertz CT molecular complexity index is 743. The summed E-state index contributed by atoms with van der Waals surface area (Å²) in [6.07, 6.45) is 1.23. The Hall–Kier alpha value is -1.57. The van der Waals surface area contributed by atoms with Crippen molar-refractivity contribution in [1.29, 1.82) is 0 Å². The lowest BCUT2D eigenvalue weighted by atomic mass is 10.5. The van der Waals surface area contributed by atoms with Crippen LogP contribution in [-0.4, -0.2) is 56.1 Å². The largest absolute Gasteiger partial charge is 0.500 e. The van der Waals surface area contributed by atoms with Crippen LogP contribution in [0.15, 0.2) is 14.4 Å². The van der Waals surface area contributed by atoms with Gasteiger partial charge < -0.3 is 22.8 Å². The molecule has 11 nitrogen and oxygen atoms in total. The zero-order chi connectivity index (χ0) is 21.7. The highest BCUT2D eigenvalue weighted by Crippen LogP contribution is 2.18. The van der Waals surface area contributed by atoms with E-state index in [9.17, 15) is 14.4 Å². The number of H-pyrrole nitrogens is 1.